The molecule has 576 valence electrons. The number of allylic oxidation sites excluding steroid dienone is 6. The van der Waals surface area contributed by atoms with E-state index in [2.05, 4.69) is 64.2 Å². The lowest BCUT2D eigenvalue weighted by atomic mass is 10.0. The fraction of sp³-hybridized carbons (Fsp3) is 0.873. The summed E-state index contributed by atoms with van der Waals surface area (Å²) in [6.07, 6.45) is 68.3. The third kappa shape index (κ3) is 71.7. The molecule has 0 aromatic heterocycles. The van der Waals surface area contributed by atoms with Gasteiger partial charge in [-0.3, -0.25) is 37.3 Å². The van der Waals surface area contributed by atoms with Gasteiger partial charge >= 0.3 is 39.5 Å². The zero-order valence-corrected chi connectivity index (χ0v) is 64.8. The second-order valence-corrected chi connectivity index (χ2v) is 30.3. The molecule has 0 fully saturated rings. The molecule has 0 aromatic rings. The Labute approximate surface area is 598 Å². The summed E-state index contributed by atoms with van der Waals surface area (Å²) in [5.74, 6) is -2.14. The van der Waals surface area contributed by atoms with Gasteiger partial charge in [0, 0.05) is 25.7 Å². The Morgan fingerprint density at radius 1 is 0.286 bits per heavy atom. The van der Waals surface area contributed by atoms with Crippen LogP contribution in [0.4, 0.5) is 0 Å². The number of unbranched alkanes of at least 4 members (excludes halogenated alkanes) is 45. The minimum Gasteiger partial charge on any atom is -0.462 e. The predicted molar refractivity (Wildman–Crippen MR) is 400 cm³/mol. The average molecular weight is 1430 g/mol. The van der Waals surface area contributed by atoms with Crippen LogP contribution in [0.2, 0.25) is 0 Å². The van der Waals surface area contributed by atoms with Crippen molar-refractivity contribution >= 4 is 39.5 Å². The number of hydrogen-bond acceptors (Lipinski definition) is 15. The zero-order chi connectivity index (χ0) is 71.8. The van der Waals surface area contributed by atoms with Gasteiger partial charge in [-0.2, -0.15) is 0 Å². The van der Waals surface area contributed by atoms with Crippen molar-refractivity contribution in [3.8, 4) is 0 Å². The maximum Gasteiger partial charge on any atom is 0.472 e. The van der Waals surface area contributed by atoms with E-state index in [0.717, 1.165) is 128 Å². The van der Waals surface area contributed by atoms with E-state index in [4.69, 9.17) is 37.0 Å². The number of rotatable bonds is 77. The van der Waals surface area contributed by atoms with Crippen LogP contribution < -0.4 is 0 Å². The number of ether oxygens (including phenoxy) is 4. The Bertz CT molecular complexity index is 2000. The first-order valence-electron chi connectivity index (χ1n) is 40.2. The van der Waals surface area contributed by atoms with Crippen molar-refractivity contribution in [2.75, 3.05) is 39.6 Å². The van der Waals surface area contributed by atoms with Gasteiger partial charge in [0.25, 0.3) is 0 Å². The fourth-order valence-corrected chi connectivity index (χ4v) is 13.0. The number of esters is 4. The molecule has 17 nitrogen and oxygen atoms in total. The molecule has 0 rings (SSSR count). The van der Waals surface area contributed by atoms with Crippen molar-refractivity contribution in [3.63, 3.8) is 0 Å². The molecule has 0 aliphatic rings. The largest absolute Gasteiger partial charge is 0.472 e. The molecule has 0 aromatic carbocycles. The molecule has 0 radical (unpaired) electrons. The van der Waals surface area contributed by atoms with E-state index in [1.807, 2.05) is 0 Å². The Morgan fingerprint density at radius 3 is 0.786 bits per heavy atom. The van der Waals surface area contributed by atoms with Gasteiger partial charge in [0.15, 0.2) is 12.2 Å². The molecule has 19 heteroatoms. The second-order valence-electron chi connectivity index (χ2n) is 27.4. The highest BCUT2D eigenvalue weighted by Crippen LogP contribution is 2.45. The van der Waals surface area contributed by atoms with Crippen LogP contribution in [0, 0.1) is 0 Å². The standard InChI is InChI=1S/C79H148O17P2/c1-5-9-13-17-21-25-29-32-34-35-36-37-39-42-45-48-52-56-60-64-77(82)90-70-75(96-79(84)66-62-58-54-50-46-40-31-27-23-19-15-11-7-3)72-94-98(87,88)92-68-73(80)67-91-97(85,86)93-71-74(95-78(83)65-61-57-53-49-43-28-24-20-16-12-8-4)69-89-76(81)63-59-55-51-47-44-41-38-33-30-26-22-18-14-10-6-2/h21,25,32,34,36-37,73-75,80H,5-20,22-24,26-31,33,35,38-72H2,1-4H3,(H,85,86)(H,87,88)/b25-21-,34-32-,37-36-. The number of carbonyl (C=O) groups is 4. The van der Waals surface area contributed by atoms with Crippen molar-refractivity contribution in [3.05, 3.63) is 36.5 Å². The summed E-state index contributed by atoms with van der Waals surface area (Å²) in [6, 6.07) is 0. The molecule has 0 aliphatic heterocycles. The van der Waals surface area contributed by atoms with Crippen molar-refractivity contribution in [2.24, 2.45) is 0 Å². The monoisotopic (exact) mass is 1430 g/mol. The SMILES string of the molecule is CCCCC/C=C\C/C=C\C/C=C\CCCCCCCCC(=O)OCC(COP(=O)(O)OCC(O)COP(=O)(O)OCC(COC(=O)CCCCCCCCCCCCCCCCC)OC(=O)CCCCCCCCCCCCC)OC(=O)CCCCCCCCCCCCCCC. The van der Waals surface area contributed by atoms with E-state index in [-0.39, 0.29) is 25.7 Å². The van der Waals surface area contributed by atoms with Gasteiger partial charge in [0.05, 0.1) is 26.4 Å². The molecule has 0 heterocycles. The van der Waals surface area contributed by atoms with Gasteiger partial charge in [0.2, 0.25) is 0 Å². The van der Waals surface area contributed by atoms with E-state index in [1.54, 1.807) is 0 Å². The van der Waals surface area contributed by atoms with Crippen LogP contribution in [0.1, 0.15) is 387 Å². The van der Waals surface area contributed by atoms with Crippen LogP contribution >= 0.6 is 15.6 Å². The minimum absolute atomic E-state index is 0.101. The van der Waals surface area contributed by atoms with Gasteiger partial charge in [-0.1, -0.05) is 334 Å². The van der Waals surface area contributed by atoms with Crippen molar-refractivity contribution in [1.29, 1.82) is 0 Å². The molecular formula is C79H148O17P2. The lowest BCUT2D eigenvalue weighted by molar-refractivity contribution is -0.161. The van der Waals surface area contributed by atoms with Crippen LogP contribution in [-0.4, -0.2) is 96.7 Å². The molecule has 0 aliphatic carbocycles. The molecule has 0 saturated carbocycles. The molecule has 5 unspecified atom stereocenters. The molecule has 0 bridgehead atoms. The van der Waals surface area contributed by atoms with Gasteiger partial charge in [-0.15, -0.1) is 0 Å². The number of phosphoric ester groups is 2. The third-order valence-corrected chi connectivity index (χ3v) is 19.5. The summed E-state index contributed by atoms with van der Waals surface area (Å²) in [6.45, 7) is 4.92. The highest BCUT2D eigenvalue weighted by molar-refractivity contribution is 7.47. The van der Waals surface area contributed by atoms with E-state index < -0.39 is 97.5 Å². The fourth-order valence-electron chi connectivity index (χ4n) is 11.5. The first-order chi connectivity index (χ1) is 47.7. The number of carbonyl (C=O) groups excluding carboxylic acids is 4. The van der Waals surface area contributed by atoms with Crippen molar-refractivity contribution in [1.82, 2.24) is 0 Å². The van der Waals surface area contributed by atoms with Crippen molar-refractivity contribution < 1.29 is 80.2 Å². The summed E-state index contributed by atoms with van der Waals surface area (Å²) >= 11 is 0. The Morgan fingerprint density at radius 2 is 0.500 bits per heavy atom. The highest BCUT2D eigenvalue weighted by Gasteiger charge is 2.30. The molecule has 98 heavy (non-hydrogen) atoms. The maximum atomic E-state index is 13.1. The number of hydrogen-bond donors (Lipinski definition) is 3. The first kappa shape index (κ1) is 95.3. The molecule has 0 spiro atoms. The molecular weight excluding hydrogens is 1280 g/mol. The number of aliphatic hydroxyl groups excluding tert-OH is 1. The maximum absolute atomic E-state index is 13.1. The number of aliphatic hydroxyl groups is 1. The smallest absolute Gasteiger partial charge is 0.462 e. The summed E-state index contributed by atoms with van der Waals surface area (Å²) in [4.78, 5) is 72.9. The molecule has 0 saturated heterocycles. The Kier molecular flexibility index (Phi) is 70.6. The third-order valence-electron chi connectivity index (χ3n) is 17.6. The molecule has 3 N–H and O–H groups in total. The van der Waals surface area contributed by atoms with Crippen LogP contribution in [0.5, 0.6) is 0 Å². The average Bonchev–Trinajstić information content (AvgIpc) is 0.972. The summed E-state index contributed by atoms with van der Waals surface area (Å²) in [5.41, 5.74) is 0. The molecule has 5 atom stereocenters. The highest BCUT2D eigenvalue weighted by atomic mass is 31.2. The van der Waals surface area contributed by atoms with Gasteiger partial charge < -0.3 is 33.8 Å². The lowest BCUT2D eigenvalue weighted by Crippen LogP contribution is -2.30. The van der Waals surface area contributed by atoms with Gasteiger partial charge in [-0.25, -0.2) is 9.13 Å². The summed E-state index contributed by atoms with van der Waals surface area (Å²) in [5, 5.41) is 10.6. The normalized spacial score (nSPS) is 14.1. The van der Waals surface area contributed by atoms with E-state index in [1.165, 1.54) is 180 Å². The first-order valence-corrected chi connectivity index (χ1v) is 43.2. The van der Waals surface area contributed by atoms with Gasteiger partial charge in [0.1, 0.15) is 19.3 Å². The van der Waals surface area contributed by atoms with E-state index in [9.17, 15) is 43.2 Å². The van der Waals surface area contributed by atoms with Crippen LogP contribution in [0.15, 0.2) is 36.5 Å². The van der Waals surface area contributed by atoms with Gasteiger partial charge in [-0.05, 0) is 64.2 Å². The van der Waals surface area contributed by atoms with Crippen molar-refractivity contribution in [2.45, 2.75) is 406 Å². The van der Waals surface area contributed by atoms with E-state index in [0.29, 0.717) is 25.7 Å². The molecule has 0 amide bonds. The summed E-state index contributed by atoms with van der Waals surface area (Å²) in [7, 11) is -9.92. The second kappa shape index (κ2) is 72.6. The zero-order valence-electron chi connectivity index (χ0n) is 63.0. The number of phosphoric acid groups is 2. The topological polar surface area (TPSA) is 237 Å². The summed E-state index contributed by atoms with van der Waals surface area (Å²) < 4.78 is 68.6. The van der Waals surface area contributed by atoms with Crippen LogP contribution in [0.3, 0.4) is 0 Å². The quantitative estimate of drug-likeness (QED) is 0.0169. The van der Waals surface area contributed by atoms with Crippen LogP contribution in [0.25, 0.3) is 0 Å². The lowest BCUT2D eigenvalue weighted by Gasteiger charge is -2.21. The predicted octanol–water partition coefficient (Wildman–Crippen LogP) is 23.1. The Hall–Kier alpha value is -2.72. The Balaban J connectivity index is 5.26. The minimum atomic E-state index is -4.97. The van der Waals surface area contributed by atoms with E-state index >= 15 is 0 Å². The van der Waals surface area contributed by atoms with Crippen LogP contribution in [-0.2, 0) is 65.4 Å².